The minimum atomic E-state index is -4.64. The summed E-state index contributed by atoms with van der Waals surface area (Å²) >= 11 is 0. The summed E-state index contributed by atoms with van der Waals surface area (Å²) in [6.45, 7) is -0.255. The van der Waals surface area contributed by atoms with Crippen molar-refractivity contribution < 1.29 is 39.2 Å². The summed E-state index contributed by atoms with van der Waals surface area (Å²) in [5.74, 6) is -1.15. The zero-order valence-corrected chi connectivity index (χ0v) is 23.4. The van der Waals surface area contributed by atoms with Crippen LogP contribution in [0.2, 0.25) is 0 Å². The molecule has 0 atom stereocenters. The molecule has 14 heteroatoms. The van der Waals surface area contributed by atoms with Gasteiger partial charge in [0.2, 0.25) is 10.0 Å². The van der Waals surface area contributed by atoms with Crippen LogP contribution in [0.25, 0.3) is 0 Å². The first-order valence-electron chi connectivity index (χ1n) is 12.1. The highest BCUT2D eigenvalue weighted by molar-refractivity contribution is 7.92. The molecule has 4 rings (SSSR count). The number of amides is 1. The Kier molecular flexibility index (Phi) is 8.59. The third-order valence-corrected chi connectivity index (χ3v) is 8.49. The van der Waals surface area contributed by atoms with E-state index in [0.717, 1.165) is 22.7 Å². The van der Waals surface area contributed by atoms with E-state index >= 15 is 0 Å². The summed E-state index contributed by atoms with van der Waals surface area (Å²) in [7, 11) is -8.03. The molecule has 2 N–H and O–H groups in total. The number of benzene rings is 4. The lowest BCUT2D eigenvalue weighted by Gasteiger charge is -2.23. The molecule has 0 aliphatic heterocycles. The van der Waals surface area contributed by atoms with Crippen LogP contribution < -0.4 is 14.3 Å². The average molecular weight is 622 g/mol. The van der Waals surface area contributed by atoms with E-state index in [1.807, 2.05) is 0 Å². The molecule has 0 fully saturated rings. The summed E-state index contributed by atoms with van der Waals surface area (Å²) in [5.41, 5.74) is -0.530. The van der Waals surface area contributed by atoms with Crippen molar-refractivity contribution in [1.29, 1.82) is 0 Å². The molecule has 220 valence electrons. The van der Waals surface area contributed by atoms with Crippen molar-refractivity contribution >= 4 is 43.0 Å². The number of hydrogen-bond donors (Lipinski definition) is 2. The van der Waals surface area contributed by atoms with Crippen molar-refractivity contribution in [2.24, 2.45) is 0 Å². The highest BCUT2D eigenvalue weighted by Gasteiger charge is 2.30. The first kappa shape index (κ1) is 30.5. The molecule has 0 saturated heterocycles. The highest BCUT2D eigenvalue weighted by atomic mass is 32.2. The lowest BCUT2D eigenvalue weighted by molar-refractivity contribution is -0.137. The molecule has 0 bridgehead atoms. The van der Waals surface area contributed by atoms with Gasteiger partial charge in [-0.1, -0.05) is 24.3 Å². The molecule has 1 amide bonds. The van der Waals surface area contributed by atoms with E-state index < -0.39 is 43.5 Å². The Balaban J connectivity index is 1.45. The Labute approximate surface area is 239 Å². The number of halogens is 4. The zero-order valence-electron chi connectivity index (χ0n) is 21.8. The van der Waals surface area contributed by atoms with Gasteiger partial charge < -0.3 is 5.32 Å². The summed E-state index contributed by atoms with van der Waals surface area (Å²) in [5, 5.41) is 2.58. The van der Waals surface area contributed by atoms with E-state index in [-0.39, 0.29) is 39.6 Å². The van der Waals surface area contributed by atoms with Crippen LogP contribution in [-0.2, 0) is 32.8 Å². The smallest absolute Gasteiger partial charge is 0.322 e. The summed E-state index contributed by atoms with van der Waals surface area (Å²) in [6.07, 6.45) is -3.66. The number of nitrogens with zero attached hydrogens (tertiary/aromatic N) is 1. The number of alkyl halides is 3. The van der Waals surface area contributed by atoms with Gasteiger partial charge in [0, 0.05) is 22.5 Å². The lowest BCUT2D eigenvalue weighted by atomic mass is 10.1. The van der Waals surface area contributed by atoms with Gasteiger partial charge in [0.25, 0.3) is 15.9 Å². The Hall–Kier alpha value is -4.43. The van der Waals surface area contributed by atoms with Crippen LogP contribution in [0.3, 0.4) is 0 Å². The molecule has 4 aromatic carbocycles. The van der Waals surface area contributed by atoms with Crippen molar-refractivity contribution in [2.75, 3.05) is 20.6 Å². The second-order valence-corrected chi connectivity index (χ2v) is 12.7. The minimum absolute atomic E-state index is 0.154. The van der Waals surface area contributed by atoms with Crippen molar-refractivity contribution in [1.82, 2.24) is 0 Å². The van der Waals surface area contributed by atoms with Gasteiger partial charge in [-0.25, -0.2) is 21.2 Å². The molecule has 8 nitrogen and oxygen atoms in total. The summed E-state index contributed by atoms with van der Waals surface area (Å²) in [6, 6.07) is 20.0. The maximum Gasteiger partial charge on any atom is 0.416 e. The standard InChI is InChI=1S/C28H23F4N3O5S2/c1-41(37,38)35(18-20-5-2-3-8-26(20)29)24-13-9-19(10-14-24)27(36)33-22-11-15-25(16-12-22)42(39,40)34-23-7-4-6-21(17-23)28(30,31)32/h2-17,34H,18H2,1H3,(H,33,36). The number of nitrogens with one attached hydrogen (secondary N) is 2. The van der Waals surface area contributed by atoms with Crippen molar-refractivity contribution in [3.05, 3.63) is 120 Å². The summed E-state index contributed by atoms with van der Waals surface area (Å²) in [4.78, 5) is 12.5. The molecule has 0 aliphatic carbocycles. The predicted octanol–water partition coefficient (Wildman–Crippen LogP) is 5.86. The fourth-order valence-corrected chi connectivity index (χ4v) is 5.78. The van der Waals surface area contributed by atoms with E-state index in [9.17, 15) is 39.2 Å². The molecule has 42 heavy (non-hydrogen) atoms. The first-order chi connectivity index (χ1) is 19.6. The quantitative estimate of drug-likeness (QED) is 0.227. The van der Waals surface area contributed by atoms with Crippen LogP contribution in [0.15, 0.2) is 102 Å². The highest BCUT2D eigenvalue weighted by Crippen LogP contribution is 2.31. The molecule has 0 heterocycles. The molecule has 0 radical (unpaired) electrons. The third-order valence-electron chi connectivity index (χ3n) is 5.95. The Morgan fingerprint density at radius 1 is 0.810 bits per heavy atom. The first-order valence-corrected chi connectivity index (χ1v) is 15.4. The predicted molar refractivity (Wildman–Crippen MR) is 151 cm³/mol. The number of hydrogen-bond acceptors (Lipinski definition) is 5. The lowest BCUT2D eigenvalue weighted by Crippen LogP contribution is -2.29. The molecule has 0 aromatic heterocycles. The number of carbonyl (C=O) groups is 1. The van der Waals surface area contributed by atoms with Gasteiger partial charge in [-0.15, -0.1) is 0 Å². The molecule has 0 unspecified atom stereocenters. The van der Waals surface area contributed by atoms with E-state index in [1.54, 1.807) is 6.07 Å². The fraction of sp³-hybridized carbons (Fsp3) is 0.107. The Morgan fingerprint density at radius 3 is 2.05 bits per heavy atom. The van der Waals surface area contributed by atoms with Crippen molar-refractivity contribution in [2.45, 2.75) is 17.6 Å². The Bertz CT molecular complexity index is 1810. The average Bonchev–Trinajstić information content (AvgIpc) is 2.92. The SMILES string of the molecule is CS(=O)(=O)N(Cc1ccccc1F)c1ccc(C(=O)Nc2ccc(S(=O)(=O)Nc3cccc(C(F)(F)F)c3)cc2)cc1. The second kappa shape index (κ2) is 11.8. The van der Waals surface area contributed by atoms with E-state index in [4.69, 9.17) is 0 Å². The largest absolute Gasteiger partial charge is 0.416 e. The Morgan fingerprint density at radius 2 is 1.45 bits per heavy atom. The molecule has 0 spiro atoms. The number of carbonyl (C=O) groups excluding carboxylic acids is 1. The molecular weight excluding hydrogens is 598 g/mol. The van der Waals surface area contributed by atoms with Crippen molar-refractivity contribution in [3.63, 3.8) is 0 Å². The van der Waals surface area contributed by atoms with Gasteiger partial charge >= 0.3 is 6.18 Å². The van der Waals surface area contributed by atoms with E-state index in [0.29, 0.717) is 6.07 Å². The third kappa shape index (κ3) is 7.44. The number of rotatable bonds is 9. The van der Waals surface area contributed by atoms with Gasteiger partial charge in [-0.2, -0.15) is 13.2 Å². The van der Waals surface area contributed by atoms with E-state index in [1.165, 1.54) is 72.8 Å². The minimum Gasteiger partial charge on any atom is -0.322 e. The molecular formula is C28H23F4N3O5S2. The molecule has 0 saturated carbocycles. The second-order valence-electron chi connectivity index (χ2n) is 9.07. The van der Waals surface area contributed by atoms with Gasteiger partial charge in [0.05, 0.1) is 28.9 Å². The normalized spacial score (nSPS) is 12.0. The fourth-order valence-electron chi connectivity index (χ4n) is 3.85. The van der Waals surface area contributed by atoms with Gasteiger partial charge in [-0.05, 0) is 72.8 Å². The van der Waals surface area contributed by atoms with E-state index in [2.05, 4.69) is 10.0 Å². The monoisotopic (exact) mass is 621 g/mol. The van der Waals surface area contributed by atoms with Crippen LogP contribution in [0.4, 0.5) is 34.6 Å². The maximum absolute atomic E-state index is 14.1. The number of anilines is 3. The summed E-state index contributed by atoms with van der Waals surface area (Å²) < 4.78 is 106. The maximum atomic E-state index is 14.1. The van der Waals surface area contributed by atoms with Crippen LogP contribution in [-0.4, -0.2) is 29.0 Å². The topological polar surface area (TPSA) is 113 Å². The van der Waals surface area contributed by atoms with Gasteiger partial charge in [0.15, 0.2) is 0 Å². The molecule has 4 aromatic rings. The van der Waals surface area contributed by atoms with Crippen LogP contribution in [0.5, 0.6) is 0 Å². The number of sulfonamides is 2. The zero-order chi connectivity index (χ0) is 30.7. The van der Waals surface area contributed by atoms with Crippen molar-refractivity contribution in [3.8, 4) is 0 Å². The van der Waals surface area contributed by atoms with Crippen LogP contribution in [0, 0.1) is 5.82 Å². The molecule has 0 aliphatic rings. The van der Waals surface area contributed by atoms with Gasteiger partial charge in [-0.3, -0.25) is 13.8 Å². The van der Waals surface area contributed by atoms with Crippen LogP contribution >= 0.6 is 0 Å². The van der Waals surface area contributed by atoms with Gasteiger partial charge in [0.1, 0.15) is 5.82 Å². The van der Waals surface area contributed by atoms with Crippen LogP contribution in [0.1, 0.15) is 21.5 Å².